The van der Waals surface area contributed by atoms with Crippen LogP contribution in [-0.2, 0) is 17.9 Å². The number of para-hydroxylation sites is 2. The van der Waals surface area contributed by atoms with Gasteiger partial charge in [0.25, 0.3) is 0 Å². The van der Waals surface area contributed by atoms with Crippen LogP contribution in [0.4, 0.5) is 0 Å². The van der Waals surface area contributed by atoms with Crippen molar-refractivity contribution in [2.75, 3.05) is 0 Å². The van der Waals surface area contributed by atoms with E-state index in [1.165, 1.54) is 38.9 Å². The highest BCUT2D eigenvalue weighted by atomic mass is 15.1. The van der Waals surface area contributed by atoms with E-state index in [4.69, 9.17) is 9.97 Å². The molecule has 2 heterocycles. The second kappa shape index (κ2) is 10.1. The second-order valence-corrected chi connectivity index (χ2v) is 13.2. The number of benzene rings is 5. The summed E-state index contributed by atoms with van der Waals surface area (Å²) < 4.78 is 2.20. The molecule has 0 saturated carbocycles. The van der Waals surface area contributed by atoms with Gasteiger partial charge in [0.2, 0.25) is 0 Å². The average Bonchev–Trinajstić information content (AvgIpc) is 3.57. The summed E-state index contributed by atoms with van der Waals surface area (Å²) in [5, 5.41) is 0. The van der Waals surface area contributed by atoms with E-state index >= 15 is 0 Å². The zero-order chi connectivity index (χ0) is 30.8. The third-order valence-corrected chi connectivity index (χ3v) is 9.51. The molecular formula is C42H35N3. The van der Waals surface area contributed by atoms with Crippen LogP contribution < -0.4 is 0 Å². The lowest BCUT2D eigenvalue weighted by atomic mass is 9.67. The van der Waals surface area contributed by atoms with Gasteiger partial charge in [0, 0.05) is 24.4 Å². The fourth-order valence-corrected chi connectivity index (χ4v) is 7.29. The first-order valence-electron chi connectivity index (χ1n) is 15.6. The van der Waals surface area contributed by atoms with Crippen molar-refractivity contribution in [3.8, 4) is 33.8 Å². The lowest BCUT2D eigenvalue weighted by Crippen LogP contribution is -2.28. The SMILES string of the molecule is Cn1c(-c2cccc(C3(c4cccc(-c5cc(C(C)(C)C)ccn5)c4)c4ccccc4-c4ccccc43)c2)nc2ccccc21. The monoisotopic (exact) mass is 581 g/mol. The molecule has 7 aromatic rings. The van der Waals surface area contributed by atoms with Gasteiger partial charge in [-0.15, -0.1) is 0 Å². The molecule has 0 unspecified atom stereocenters. The van der Waals surface area contributed by atoms with Crippen LogP contribution in [0.25, 0.3) is 44.8 Å². The number of rotatable bonds is 4. The Morgan fingerprint density at radius 1 is 0.600 bits per heavy atom. The molecule has 2 aromatic heterocycles. The number of hydrogen-bond donors (Lipinski definition) is 0. The number of pyridine rings is 1. The molecule has 3 nitrogen and oxygen atoms in total. The highest BCUT2D eigenvalue weighted by Crippen LogP contribution is 2.56. The van der Waals surface area contributed by atoms with Crippen molar-refractivity contribution in [3.63, 3.8) is 0 Å². The number of nitrogens with zero attached hydrogens (tertiary/aromatic N) is 3. The Kier molecular flexibility index (Phi) is 6.15. The van der Waals surface area contributed by atoms with Crippen LogP contribution in [0.3, 0.4) is 0 Å². The van der Waals surface area contributed by atoms with Crippen molar-refractivity contribution >= 4 is 11.0 Å². The summed E-state index contributed by atoms with van der Waals surface area (Å²) in [4.78, 5) is 9.92. The van der Waals surface area contributed by atoms with Gasteiger partial charge in [0.15, 0.2) is 0 Å². The lowest BCUT2D eigenvalue weighted by Gasteiger charge is -2.34. The molecule has 1 aliphatic carbocycles. The van der Waals surface area contributed by atoms with Gasteiger partial charge in [-0.3, -0.25) is 4.98 Å². The highest BCUT2D eigenvalue weighted by molar-refractivity contribution is 5.87. The number of hydrogen-bond acceptors (Lipinski definition) is 2. The quantitative estimate of drug-likeness (QED) is 0.207. The van der Waals surface area contributed by atoms with E-state index in [9.17, 15) is 0 Å². The molecule has 0 amide bonds. The minimum absolute atomic E-state index is 0.0378. The number of imidazole rings is 1. The molecule has 45 heavy (non-hydrogen) atoms. The van der Waals surface area contributed by atoms with Gasteiger partial charge in [-0.2, -0.15) is 0 Å². The molecule has 0 atom stereocenters. The zero-order valence-corrected chi connectivity index (χ0v) is 26.1. The first-order valence-corrected chi connectivity index (χ1v) is 15.6. The smallest absolute Gasteiger partial charge is 0.140 e. The fraction of sp³-hybridized carbons (Fsp3) is 0.143. The molecule has 0 radical (unpaired) electrons. The summed E-state index contributed by atoms with van der Waals surface area (Å²) >= 11 is 0. The molecule has 0 bridgehead atoms. The van der Waals surface area contributed by atoms with E-state index in [1.807, 2.05) is 6.20 Å². The molecule has 8 rings (SSSR count). The third kappa shape index (κ3) is 4.18. The maximum Gasteiger partial charge on any atom is 0.140 e. The van der Waals surface area contributed by atoms with Crippen molar-refractivity contribution < 1.29 is 0 Å². The minimum Gasteiger partial charge on any atom is -0.327 e. The topological polar surface area (TPSA) is 30.7 Å². The summed E-state index contributed by atoms with van der Waals surface area (Å²) in [7, 11) is 2.11. The lowest BCUT2D eigenvalue weighted by molar-refractivity contribution is 0.589. The van der Waals surface area contributed by atoms with Crippen LogP contribution in [-0.4, -0.2) is 14.5 Å². The Morgan fingerprint density at radius 3 is 1.87 bits per heavy atom. The molecule has 0 aliphatic heterocycles. The van der Waals surface area contributed by atoms with E-state index in [0.29, 0.717) is 0 Å². The standard InChI is InChI=1S/C42H35N3/c1-41(2,3)30-23-24-43-38(27-30)28-13-11-15-31(25-28)42(35-19-7-5-17-33(35)34-18-6-8-20-36(34)42)32-16-12-14-29(26-32)40-44-37-21-9-10-22-39(37)45(40)4/h5-27H,1-4H3. The van der Waals surface area contributed by atoms with Gasteiger partial charge in [-0.25, -0.2) is 4.98 Å². The van der Waals surface area contributed by atoms with E-state index < -0.39 is 5.41 Å². The predicted molar refractivity (Wildman–Crippen MR) is 185 cm³/mol. The zero-order valence-electron chi connectivity index (χ0n) is 26.1. The maximum absolute atomic E-state index is 5.07. The first kappa shape index (κ1) is 27.3. The third-order valence-electron chi connectivity index (χ3n) is 9.51. The molecular weight excluding hydrogens is 546 g/mol. The molecule has 218 valence electrons. The summed E-state index contributed by atoms with van der Waals surface area (Å²) in [6.07, 6.45) is 1.94. The summed E-state index contributed by atoms with van der Waals surface area (Å²) in [5.74, 6) is 0.963. The van der Waals surface area contributed by atoms with Crippen LogP contribution in [0.1, 0.15) is 48.6 Å². The van der Waals surface area contributed by atoms with Crippen molar-refractivity contribution in [1.82, 2.24) is 14.5 Å². The predicted octanol–water partition coefficient (Wildman–Crippen LogP) is 9.96. The van der Waals surface area contributed by atoms with Crippen molar-refractivity contribution in [3.05, 3.63) is 167 Å². The van der Waals surface area contributed by atoms with Crippen molar-refractivity contribution in [1.29, 1.82) is 0 Å². The van der Waals surface area contributed by atoms with E-state index in [-0.39, 0.29) is 5.41 Å². The van der Waals surface area contributed by atoms with Crippen LogP contribution in [0.2, 0.25) is 0 Å². The van der Waals surface area contributed by atoms with Gasteiger partial charge in [0.05, 0.1) is 22.1 Å². The van der Waals surface area contributed by atoms with Gasteiger partial charge >= 0.3 is 0 Å². The Labute approximate surface area is 264 Å². The molecule has 0 saturated heterocycles. The first-order chi connectivity index (χ1) is 21.9. The number of aryl methyl sites for hydroxylation is 1. The molecule has 0 N–H and O–H groups in total. The van der Waals surface area contributed by atoms with Crippen LogP contribution in [0.15, 0.2) is 140 Å². The van der Waals surface area contributed by atoms with Crippen LogP contribution in [0, 0.1) is 0 Å². The largest absolute Gasteiger partial charge is 0.327 e. The maximum atomic E-state index is 5.07. The Bertz CT molecular complexity index is 2180. The number of aromatic nitrogens is 3. The summed E-state index contributed by atoms with van der Waals surface area (Å²) in [6.45, 7) is 6.75. The Hall–Kier alpha value is -5.28. The fourth-order valence-electron chi connectivity index (χ4n) is 7.29. The molecule has 0 fully saturated rings. The summed E-state index contributed by atoms with van der Waals surface area (Å²) in [6, 6.07) is 48.6. The molecule has 0 spiro atoms. The summed E-state index contributed by atoms with van der Waals surface area (Å²) in [5.41, 5.74) is 13.7. The van der Waals surface area contributed by atoms with Gasteiger partial charge < -0.3 is 4.57 Å². The minimum atomic E-state index is -0.522. The van der Waals surface area contributed by atoms with Gasteiger partial charge in [0.1, 0.15) is 5.82 Å². The average molecular weight is 582 g/mol. The second-order valence-electron chi connectivity index (χ2n) is 13.2. The van der Waals surface area contributed by atoms with E-state index in [0.717, 1.165) is 33.7 Å². The highest BCUT2D eigenvalue weighted by Gasteiger charge is 2.46. The van der Waals surface area contributed by atoms with Gasteiger partial charge in [-0.1, -0.05) is 118 Å². The molecule has 3 heteroatoms. The van der Waals surface area contributed by atoms with Gasteiger partial charge in [-0.05, 0) is 80.8 Å². The Balaban J connectivity index is 1.40. The Morgan fingerprint density at radius 2 is 1.20 bits per heavy atom. The van der Waals surface area contributed by atoms with Crippen LogP contribution >= 0.6 is 0 Å². The van der Waals surface area contributed by atoms with E-state index in [2.05, 4.69) is 166 Å². The molecule has 5 aromatic carbocycles. The van der Waals surface area contributed by atoms with Crippen LogP contribution in [0.5, 0.6) is 0 Å². The van der Waals surface area contributed by atoms with Crippen molar-refractivity contribution in [2.24, 2.45) is 7.05 Å². The number of fused-ring (bicyclic) bond motifs is 4. The normalized spacial score (nSPS) is 13.5. The van der Waals surface area contributed by atoms with Crippen molar-refractivity contribution in [2.45, 2.75) is 31.6 Å². The van der Waals surface area contributed by atoms with E-state index in [1.54, 1.807) is 0 Å². The molecule has 1 aliphatic rings.